The summed E-state index contributed by atoms with van der Waals surface area (Å²) in [5.41, 5.74) is 1.34. The minimum atomic E-state index is -0.538. The number of ether oxygens (including phenoxy) is 2. The third kappa shape index (κ3) is 7.24. The Morgan fingerprint density at radius 3 is 2.59 bits per heavy atom. The fourth-order valence-electron chi connectivity index (χ4n) is 2.89. The van der Waals surface area contributed by atoms with Crippen LogP contribution in [-0.2, 0) is 16.1 Å². The Bertz CT molecular complexity index is 1200. The summed E-state index contributed by atoms with van der Waals surface area (Å²) in [5, 5.41) is 11.9. The summed E-state index contributed by atoms with van der Waals surface area (Å²) in [6.45, 7) is 2.80. The van der Waals surface area contributed by atoms with Crippen molar-refractivity contribution in [2.45, 2.75) is 19.9 Å². The number of amides is 1. The van der Waals surface area contributed by atoms with E-state index in [1.54, 1.807) is 42.5 Å². The van der Waals surface area contributed by atoms with Crippen LogP contribution in [0.15, 0.2) is 83.0 Å². The van der Waals surface area contributed by atoms with Crippen molar-refractivity contribution < 1.29 is 23.5 Å². The van der Waals surface area contributed by atoms with Gasteiger partial charge < -0.3 is 19.2 Å². The fourth-order valence-corrected chi connectivity index (χ4v) is 2.89. The molecule has 0 bridgehead atoms. The zero-order valence-electron chi connectivity index (χ0n) is 18.7. The maximum Gasteiger partial charge on any atom is 0.336 e. The molecule has 0 aliphatic carbocycles. The van der Waals surface area contributed by atoms with E-state index in [0.717, 1.165) is 12.0 Å². The van der Waals surface area contributed by atoms with E-state index in [2.05, 4.69) is 5.32 Å². The highest BCUT2D eigenvalue weighted by Crippen LogP contribution is 2.20. The number of esters is 1. The second kappa shape index (κ2) is 12.5. The molecular formula is C27H24N2O5. The number of para-hydroxylation sites is 1. The highest BCUT2D eigenvalue weighted by atomic mass is 16.5. The summed E-state index contributed by atoms with van der Waals surface area (Å²) in [6.07, 6.45) is 6.82. The Morgan fingerprint density at radius 1 is 1.09 bits per heavy atom. The molecule has 0 aliphatic heterocycles. The van der Waals surface area contributed by atoms with E-state index in [4.69, 9.17) is 13.9 Å². The van der Waals surface area contributed by atoms with E-state index in [0.29, 0.717) is 29.4 Å². The molecule has 7 nitrogen and oxygen atoms in total. The van der Waals surface area contributed by atoms with Gasteiger partial charge in [0.25, 0.3) is 5.91 Å². The van der Waals surface area contributed by atoms with Gasteiger partial charge in [0.05, 0.1) is 19.4 Å². The molecule has 0 spiro atoms. The van der Waals surface area contributed by atoms with Crippen LogP contribution < -0.4 is 14.8 Å². The van der Waals surface area contributed by atoms with E-state index < -0.39 is 11.9 Å². The summed E-state index contributed by atoms with van der Waals surface area (Å²) >= 11 is 0. The molecule has 3 aromatic rings. The SMILES string of the molecule is CCCOc1ccccc1/C=C/C(=O)Oc1ccc(/C=C(\C#N)C(=O)NCc2ccco2)cc1. The lowest BCUT2D eigenvalue weighted by molar-refractivity contribution is -0.128. The molecule has 1 heterocycles. The number of hydrogen-bond donors (Lipinski definition) is 1. The zero-order chi connectivity index (χ0) is 24.2. The lowest BCUT2D eigenvalue weighted by Gasteiger charge is -2.07. The van der Waals surface area contributed by atoms with E-state index in [1.165, 1.54) is 18.4 Å². The molecule has 34 heavy (non-hydrogen) atoms. The average molecular weight is 456 g/mol. The summed E-state index contributed by atoms with van der Waals surface area (Å²) in [4.78, 5) is 24.4. The predicted octanol–water partition coefficient (Wildman–Crippen LogP) is 4.91. The molecule has 0 saturated heterocycles. The van der Waals surface area contributed by atoms with Gasteiger partial charge in [-0.15, -0.1) is 0 Å². The quantitative estimate of drug-likeness (QED) is 0.201. The minimum Gasteiger partial charge on any atom is -0.493 e. The van der Waals surface area contributed by atoms with Crippen molar-refractivity contribution in [3.05, 3.63) is 95.5 Å². The molecule has 3 rings (SSSR count). The first-order valence-electron chi connectivity index (χ1n) is 10.7. The first-order chi connectivity index (χ1) is 16.6. The van der Waals surface area contributed by atoms with Crippen molar-refractivity contribution >= 4 is 24.0 Å². The van der Waals surface area contributed by atoms with E-state index in [1.807, 2.05) is 37.3 Å². The molecule has 172 valence electrons. The Kier molecular flexibility index (Phi) is 8.83. The van der Waals surface area contributed by atoms with E-state index >= 15 is 0 Å². The number of carbonyl (C=O) groups excluding carboxylic acids is 2. The lowest BCUT2D eigenvalue weighted by Crippen LogP contribution is -2.23. The molecule has 2 aromatic carbocycles. The second-order valence-corrected chi connectivity index (χ2v) is 7.14. The van der Waals surface area contributed by atoms with Crippen LogP contribution >= 0.6 is 0 Å². The molecule has 0 atom stereocenters. The largest absolute Gasteiger partial charge is 0.493 e. The average Bonchev–Trinajstić information content (AvgIpc) is 3.38. The third-order valence-corrected chi connectivity index (χ3v) is 4.56. The van der Waals surface area contributed by atoms with Crippen molar-refractivity contribution in [2.75, 3.05) is 6.61 Å². The number of furan rings is 1. The minimum absolute atomic E-state index is 0.0526. The Hall–Kier alpha value is -4.57. The van der Waals surface area contributed by atoms with Crippen molar-refractivity contribution in [1.29, 1.82) is 5.26 Å². The van der Waals surface area contributed by atoms with Crippen LogP contribution in [0, 0.1) is 11.3 Å². The van der Waals surface area contributed by atoms with Gasteiger partial charge in [-0.25, -0.2) is 4.79 Å². The Morgan fingerprint density at radius 2 is 1.88 bits per heavy atom. The van der Waals surface area contributed by atoms with Gasteiger partial charge in [-0.2, -0.15) is 5.26 Å². The maximum absolute atomic E-state index is 12.2. The molecule has 0 radical (unpaired) electrons. The lowest BCUT2D eigenvalue weighted by atomic mass is 10.1. The van der Waals surface area contributed by atoms with Gasteiger partial charge >= 0.3 is 5.97 Å². The van der Waals surface area contributed by atoms with Crippen molar-refractivity contribution in [3.63, 3.8) is 0 Å². The van der Waals surface area contributed by atoms with Crippen molar-refractivity contribution in [1.82, 2.24) is 5.32 Å². The molecule has 7 heteroatoms. The maximum atomic E-state index is 12.2. The first kappa shape index (κ1) is 24.1. The van der Waals surface area contributed by atoms with Gasteiger partial charge in [-0.1, -0.05) is 37.3 Å². The predicted molar refractivity (Wildman–Crippen MR) is 127 cm³/mol. The topological polar surface area (TPSA) is 102 Å². The van der Waals surface area contributed by atoms with Crippen LogP contribution in [0.5, 0.6) is 11.5 Å². The standard InChI is InChI=1S/C27H24N2O5/c1-2-15-33-25-8-4-3-6-21(25)11-14-26(30)34-23-12-9-20(10-13-23)17-22(18-28)27(31)29-19-24-7-5-16-32-24/h3-14,16-17H,2,15,19H2,1H3,(H,29,31)/b14-11+,22-17+. The zero-order valence-corrected chi connectivity index (χ0v) is 18.7. The summed E-state index contributed by atoms with van der Waals surface area (Å²) < 4.78 is 16.2. The first-order valence-corrected chi connectivity index (χ1v) is 10.7. The summed E-state index contributed by atoms with van der Waals surface area (Å²) in [6, 6.07) is 19.2. The molecule has 1 amide bonds. The molecular weight excluding hydrogens is 432 g/mol. The number of nitriles is 1. The molecule has 0 aliphatic rings. The number of rotatable bonds is 10. The van der Waals surface area contributed by atoms with Gasteiger partial charge in [-0.05, 0) is 54.5 Å². The van der Waals surface area contributed by atoms with Crippen LogP contribution in [0.2, 0.25) is 0 Å². The summed E-state index contributed by atoms with van der Waals surface area (Å²) in [5.74, 6) is 0.573. The molecule has 0 unspecified atom stereocenters. The van der Waals surface area contributed by atoms with Crippen molar-refractivity contribution in [3.8, 4) is 17.6 Å². The molecule has 1 aromatic heterocycles. The monoisotopic (exact) mass is 456 g/mol. The second-order valence-electron chi connectivity index (χ2n) is 7.14. The fraction of sp³-hybridized carbons (Fsp3) is 0.148. The highest BCUT2D eigenvalue weighted by Gasteiger charge is 2.10. The molecule has 0 saturated carbocycles. The van der Waals surface area contributed by atoms with Gasteiger partial charge in [0.15, 0.2) is 0 Å². The number of hydrogen-bond acceptors (Lipinski definition) is 6. The smallest absolute Gasteiger partial charge is 0.336 e. The number of nitrogens with zero attached hydrogens (tertiary/aromatic N) is 1. The van der Waals surface area contributed by atoms with Gasteiger partial charge in [0.2, 0.25) is 0 Å². The normalized spacial score (nSPS) is 11.1. The van der Waals surface area contributed by atoms with E-state index in [9.17, 15) is 14.9 Å². The van der Waals surface area contributed by atoms with Gasteiger partial charge in [-0.3, -0.25) is 4.79 Å². The van der Waals surface area contributed by atoms with Gasteiger partial charge in [0, 0.05) is 11.6 Å². The molecule has 0 fully saturated rings. The number of carbonyl (C=O) groups is 2. The Balaban J connectivity index is 1.58. The summed E-state index contributed by atoms with van der Waals surface area (Å²) in [7, 11) is 0. The number of nitrogens with one attached hydrogen (secondary N) is 1. The van der Waals surface area contributed by atoms with Crippen LogP contribution in [-0.4, -0.2) is 18.5 Å². The van der Waals surface area contributed by atoms with E-state index in [-0.39, 0.29) is 12.1 Å². The van der Waals surface area contributed by atoms with Crippen LogP contribution in [0.25, 0.3) is 12.2 Å². The number of benzene rings is 2. The molecule has 1 N–H and O–H groups in total. The van der Waals surface area contributed by atoms with Crippen LogP contribution in [0.3, 0.4) is 0 Å². The third-order valence-electron chi connectivity index (χ3n) is 4.56. The highest BCUT2D eigenvalue weighted by molar-refractivity contribution is 6.01. The van der Waals surface area contributed by atoms with Gasteiger partial charge in [0.1, 0.15) is 28.9 Å². The van der Waals surface area contributed by atoms with Crippen LogP contribution in [0.4, 0.5) is 0 Å². The van der Waals surface area contributed by atoms with Crippen LogP contribution in [0.1, 0.15) is 30.2 Å². The van der Waals surface area contributed by atoms with Crippen molar-refractivity contribution in [2.24, 2.45) is 0 Å². The Labute approximate surface area is 197 Å².